The Morgan fingerprint density at radius 1 is 0.970 bits per heavy atom. The maximum atomic E-state index is 6.25. The third-order valence-corrected chi connectivity index (χ3v) is 6.49. The molecule has 0 amide bonds. The van der Waals surface area contributed by atoms with Crippen LogP contribution in [-0.4, -0.2) is 20.6 Å². The van der Waals surface area contributed by atoms with E-state index in [0.717, 1.165) is 32.0 Å². The van der Waals surface area contributed by atoms with Crippen LogP contribution >= 0.6 is 22.9 Å². The van der Waals surface area contributed by atoms with Gasteiger partial charge in [-0.2, -0.15) is 14.9 Å². The van der Waals surface area contributed by atoms with E-state index in [9.17, 15) is 0 Å². The van der Waals surface area contributed by atoms with Gasteiger partial charge in [-0.15, -0.1) is 5.10 Å². The van der Waals surface area contributed by atoms with Crippen LogP contribution in [0.5, 0.6) is 11.6 Å². The van der Waals surface area contributed by atoms with Crippen LogP contribution in [0.2, 0.25) is 5.02 Å². The predicted octanol–water partition coefficient (Wildman–Crippen LogP) is 6.11. The molecule has 2 aromatic heterocycles. The van der Waals surface area contributed by atoms with E-state index in [1.165, 1.54) is 0 Å². The monoisotopic (exact) mass is 473 g/mol. The summed E-state index contributed by atoms with van der Waals surface area (Å²) in [5.41, 5.74) is 3.54. The van der Waals surface area contributed by atoms with Crippen LogP contribution in [0.1, 0.15) is 11.3 Å². The maximum Gasteiger partial charge on any atom is 0.231 e. The first-order valence-corrected chi connectivity index (χ1v) is 11.5. The number of rotatable bonds is 5. The van der Waals surface area contributed by atoms with Crippen LogP contribution in [-0.2, 0) is 7.05 Å². The number of nitrogens with zero attached hydrogens (tertiary/aromatic N) is 5. The van der Waals surface area contributed by atoms with Gasteiger partial charge in [-0.1, -0.05) is 53.3 Å². The van der Waals surface area contributed by atoms with Gasteiger partial charge < -0.3 is 9.30 Å². The van der Waals surface area contributed by atoms with Gasteiger partial charge in [0.05, 0.1) is 33.4 Å². The molecule has 0 saturated carbocycles. The quantitative estimate of drug-likeness (QED) is 0.228. The molecular formula is C25H20ClN5OS. The summed E-state index contributed by atoms with van der Waals surface area (Å²) in [4.78, 5) is 0.806. The Morgan fingerprint density at radius 3 is 2.45 bits per heavy atom. The summed E-state index contributed by atoms with van der Waals surface area (Å²) in [6.45, 7) is 1.93. The largest absolute Gasteiger partial charge is 0.438 e. The minimum absolute atomic E-state index is 0.556. The third kappa shape index (κ3) is 4.33. The van der Waals surface area contributed by atoms with Crippen molar-refractivity contribution in [3.8, 4) is 17.3 Å². The average Bonchev–Trinajstić information content (AvgIpc) is 3.33. The molecule has 0 saturated heterocycles. The van der Waals surface area contributed by atoms with Crippen molar-refractivity contribution in [3.05, 3.63) is 99.9 Å². The second kappa shape index (κ2) is 9.05. The molecule has 0 fully saturated rings. The lowest BCUT2D eigenvalue weighted by molar-refractivity contribution is 0.444. The fourth-order valence-electron chi connectivity index (χ4n) is 3.44. The Bertz CT molecular complexity index is 1510. The fraction of sp³-hybridized carbons (Fsp3) is 0.0800. The lowest BCUT2D eigenvalue weighted by Gasteiger charge is -2.10. The van der Waals surface area contributed by atoms with E-state index in [-0.39, 0.29) is 0 Å². The molecule has 3 aromatic carbocycles. The molecule has 0 spiro atoms. The Morgan fingerprint density at radius 2 is 1.70 bits per heavy atom. The van der Waals surface area contributed by atoms with Crippen LogP contribution < -0.4 is 9.54 Å². The summed E-state index contributed by atoms with van der Waals surface area (Å²) >= 11 is 7.63. The maximum absolute atomic E-state index is 6.25. The van der Waals surface area contributed by atoms with Crippen LogP contribution in [0.4, 0.5) is 0 Å². The molecule has 0 bridgehead atoms. The van der Waals surface area contributed by atoms with E-state index in [1.54, 1.807) is 34.4 Å². The molecule has 0 N–H and O–H groups in total. The topological polar surface area (TPSA) is 56.7 Å². The van der Waals surface area contributed by atoms with Crippen LogP contribution in [0.3, 0.4) is 0 Å². The lowest BCUT2D eigenvalue weighted by Crippen LogP contribution is -2.08. The second-order valence-corrected chi connectivity index (χ2v) is 8.81. The minimum Gasteiger partial charge on any atom is -0.438 e. The van der Waals surface area contributed by atoms with Gasteiger partial charge in [-0.25, -0.2) is 0 Å². The summed E-state index contributed by atoms with van der Waals surface area (Å²) in [6, 6.07) is 25.2. The third-order valence-electron chi connectivity index (χ3n) is 5.14. The molecule has 8 heteroatoms. The van der Waals surface area contributed by atoms with E-state index in [2.05, 4.69) is 22.3 Å². The number of aromatic nitrogens is 3. The number of benzene rings is 3. The zero-order valence-electron chi connectivity index (χ0n) is 18.0. The highest BCUT2D eigenvalue weighted by Gasteiger charge is 2.18. The highest BCUT2D eigenvalue weighted by atomic mass is 35.5. The van der Waals surface area contributed by atoms with Crippen molar-refractivity contribution in [1.82, 2.24) is 14.3 Å². The van der Waals surface area contributed by atoms with E-state index < -0.39 is 0 Å². The zero-order valence-corrected chi connectivity index (χ0v) is 19.6. The molecule has 0 aliphatic rings. The van der Waals surface area contributed by atoms with Gasteiger partial charge in [0.1, 0.15) is 5.75 Å². The van der Waals surface area contributed by atoms with Gasteiger partial charge in [0.2, 0.25) is 10.7 Å². The Kier molecular flexibility index (Phi) is 5.81. The minimum atomic E-state index is 0.556. The van der Waals surface area contributed by atoms with E-state index in [0.29, 0.717) is 16.7 Å². The van der Waals surface area contributed by atoms with Gasteiger partial charge in [-0.3, -0.25) is 0 Å². The van der Waals surface area contributed by atoms with Crippen LogP contribution in [0, 0.1) is 6.92 Å². The second-order valence-electron chi connectivity index (χ2n) is 7.36. The molecule has 6 nitrogen and oxygen atoms in total. The Hall–Kier alpha value is -3.68. The molecule has 5 aromatic rings. The van der Waals surface area contributed by atoms with Crippen LogP contribution in [0.15, 0.2) is 89.1 Å². The van der Waals surface area contributed by atoms with Crippen molar-refractivity contribution >= 4 is 39.4 Å². The summed E-state index contributed by atoms with van der Waals surface area (Å²) in [6.07, 6.45) is 1.69. The predicted molar refractivity (Wildman–Crippen MR) is 134 cm³/mol. The first-order chi connectivity index (χ1) is 16.1. The number of thiazole rings is 1. The van der Waals surface area contributed by atoms with Crippen LogP contribution in [0.25, 0.3) is 15.9 Å². The smallest absolute Gasteiger partial charge is 0.231 e. The van der Waals surface area contributed by atoms with Gasteiger partial charge in [-0.05, 0) is 55.5 Å². The first kappa shape index (κ1) is 21.2. The molecule has 0 aliphatic heterocycles. The molecule has 0 atom stereocenters. The number of ether oxygens (including phenoxy) is 1. The summed E-state index contributed by atoms with van der Waals surface area (Å²) < 4.78 is 11.2. The van der Waals surface area contributed by atoms with Gasteiger partial charge in [0.15, 0.2) is 0 Å². The van der Waals surface area contributed by atoms with Gasteiger partial charge in [0, 0.05) is 12.1 Å². The van der Waals surface area contributed by atoms with Gasteiger partial charge >= 0.3 is 0 Å². The summed E-state index contributed by atoms with van der Waals surface area (Å²) in [7, 11) is 1.99. The van der Waals surface area contributed by atoms with Crippen molar-refractivity contribution in [1.29, 1.82) is 0 Å². The van der Waals surface area contributed by atoms with Crippen molar-refractivity contribution in [2.45, 2.75) is 6.92 Å². The van der Waals surface area contributed by atoms with Crippen molar-refractivity contribution < 1.29 is 4.74 Å². The fourth-order valence-corrected chi connectivity index (χ4v) is 4.54. The molecule has 0 aliphatic carbocycles. The Labute approximate surface area is 199 Å². The normalized spacial score (nSPS) is 12.2. The van der Waals surface area contributed by atoms with E-state index in [1.807, 2.05) is 73.1 Å². The zero-order chi connectivity index (χ0) is 22.8. The van der Waals surface area contributed by atoms with E-state index >= 15 is 0 Å². The summed E-state index contributed by atoms with van der Waals surface area (Å²) in [5, 5.41) is 14.2. The number of hydrogen-bond acceptors (Lipinski definition) is 5. The molecule has 33 heavy (non-hydrogen) atoms. The lowest BCUT2D eigenvalue weighted by atomic mass is 10.2. The number of para-hydroxylation sites is 2. The highest BCUT2D eigenvalue weighted by molar-refractivity contribution is 7.16. The van der Waals surface area contributed by atoms with Crippen molar-refractivity contribution in [2.75, 3.05) is 0 Å². The SMILES string of the molecule is Cc1nn(-c2ccccc2)c(Oc2ccc(Cl)cc2)c1/C=N\N=c1/sc2ccccc2n1C. The molecular weight excluding hydrogens is 454 g/mol. The molecule has 0 radical (unpaired) electrons. The highest BCUT2D eigenvalue weighted by Crippen LogP contribution is 2.30. The average molecular weight is 474 g/mol. The Balaban J connectivity index is 1.58. The molecule has 5 rings (SSSR count). The van der Waals surface area contributed by atoms with E-state index in [4.69, 9.17) is 21.4 Å². The summed E-state index contributed by atoms with van der Waals surface area (Å²) in [5.74, 6) is 1.21. The van der Waals surface area contributed by atoms with Crippen molar-refractivity contribution in [2.24, 2.45) is 17.3 Å². The molecule has 164 valence electrons. The van der Waals surface area contributed by atoms with Gasteiger partial charge in [0.25, 0.3) is 0 Å². The number of aryl methyl sites for hydroxylation is 2. The first-order valence-electron chi connectivity index (χ1n) is 10.3. The number of halogens is 1. The standard InChI is InChI=1S/C25H20ClN5OS/c1-17-21(16-27-28-25-30(2)22-10-6-7-11-23(22)33-25)24(32-20-14-12-18(26)13-15-20)31(29-17)19-8-4-3-5-9-19/h3-16H,1-2H3/b27-16-,28-25-. The number of hydrogen-bond donors (Lipinski definition) is 0. The number of fused-ring (bicyclic) bond motifs is 1. The van der Waals surface area contributed by atoms with Crippen molar-refractivity contribution in [3.63, 3.8) is 0 Å². The molecule has 0 unspecified atom stereocenters. The molecule has 2 heterocycles.